The third-order valence-corrected chi connectivity index (χ3v) is 4.42. The Balaban J connectivity index is 1.61. The van der Waals surface area contributed by atoms with Gasteiger partial charge in [-0.2, -0.15) is 5.10 Å². The van der Waals surface area contributed by atoms with Gasteiger partial charge in [0.25, 0.3) is 0 Å². The summed E-state index contributed by atoms with van der Waals surface area (Å²) in [6.07, 6.45) is 2.05. The zero-order valence-corrected chi connectivity index (χ0v) is 14.6. The first kappa shape index (κ1) is 16.3. The Bertz CT molecular complexity index is 1000. The molecule has 26 heavy (non-hydrogen) atoms. The molecule has 132 valence electrons. The molecule has 1 aromatic heterocycles. The summed E-state index contributed by atoms with van der Waals surface area (Å²) in [5.41, 5.74) is 2.28. The van der Waals surface area contributed by atoms with Gasteiger partial charge in [-0.25, -0.2) is 14.0 Å². The summed E-state index contributed by atoms with van der Waals surface area (Å²) in [4.78, 5) is 25.2. The topological polar surface area (TPSA) is 68.9 Å². The molecular weight excluding hydrogens is 328 g/mol. The molecule has 6 heteroatoms. The van der Waals surface area contributed by atoms with Crippen LogP contribution >= 0.6 is 0 Å². The molecule has 0 spiro atoms. The number of rotatable bonds is 5. The quantitative estimate of drug-likeness (QED) is 0.771. The van der Waals surface area contributed by atoms with E-state index in [0.717, 1.165) is 29.9 Å². The van der Waals surface area contributed by atoms with E-state index in [9.17, 15) is 9.59 Å². The molecule has 0 atom stereocenters. The van der Waals surface area contributed by atoms with Crippen LogP contribution in [-0.4, -0.2) is 20.3 Å². The average molecular weight is 348 g/mol. The minimum atomic E-state index is -0.280. The van der Waals surface area contributed by atoms with E-state index in [4.69, 9.17) is 0 Å². The second kappa shape index (κ2) is 6.63. The zero-order chi connectivity index (χ0) is 18.1. The van der Waals surface area contributed by atoms with Crippen LogP contribution in [0.4, 0.5) is 5.69 Å². The molecule has 1 N–H and O–H groups in total. The lowest BCUT2D eigenvalue weighted by molar-refractivity contribution is -0.117. The van der Waals surface area contributed by atoms with Crippen molar-refractivity contribution in [2.75, 3.05) is 5.32 Å². The first-order valence-corrected chi connectivity index (χ1v) is 8.73. The Kier molecular flexibility index (Phi) is 4.16. The Labute approximate surface area is 151 Å². The van der Waals surface area contributed by atoms with Crippen molar-refractivity contribution in [3.63, 3.8) is 0 Å². The highest BCUT2D eigenvalue weighted by Crippen LogP contribution is 2.39. The molecule has 4 rings (SSSR count). The fraction of sp³-hybridized carbons (Fsp3) is 0.250. The number of anilines is 1. The highest BCUT2D eigenvalue weighted by atomic mass is 16.2. The zero-order valence-electron chi connectivity index (χ0n) is 14.6. The third kappa shape index (κ3) is 3.31. The number of carbonyl (C=O) groups is 1. The summed E-state index contributed by atoms with van der Waals surface area (Å²) in [6, 6.07) is 17.0. The van der Waals surface area contributed by atoms with Crippen LogP contribution in [0.2, 0.25) is 0 Å². The number of nitrogens with zero attached hydrogens (tertiary/aromatic N) is 3. The number of aromatic nitrogens is 3. The summed E-state index contributed by atoms with van der Waals surface area (Å²) in [6.45, 7) is 1.86. The molecular formula is C20H20N4O2. The summed E-state index contributed by atoms with van der Waals surface area (Å²) in [5.74, 6) is 0.770. The van der Waals surface area contributed by atoms with E-state index in [0.29, 0.717) is 11.6 Å². The molecule has 6 nitrogen and oxygen atoms in total. The number of hydrogen-bond donors (Lipinski definition) is 1. The van der Waals surface area contributed by atoms with Crippen LogP contribution < -0.4 is 11.0 Å². The Hall–Kier alpha value is -3.15. The molecule has 0 unspecified atom stereocenters. The molecule has 1 amide bonds. The van der Waals surface area contributed by atoms with E-state index in [1.54, 1.807) is 4.57 Å². The number of carbonyl (C=O) groups excluding carboxylic acids is 1. The van der Waals surface area contributed by atoms with Gasteiger partial charge in [0.1, 0.15) is 12.4 Å². The maximum absolute atomic E-state index is 12.8. The van der Waals surface area contributed by atoms with Gasteiger partial charge in [0, 0.05) is 11.6 Å². The van der Waals surface area contributed by atoms with Gasteiger partial charge in [-0.3, -0.25) is 4.79 Å². The smallest absolute Gasteiger partial charge is 0.324 e. The Morgan fingerprint density at radius 1 is 1.15 bits per heavy atom. The lowest BCUT2D eigenvalue weighted by Crippen LogP contribution is -2.29. The number of aryl methyl sites for hydroxylation is 1. The summed E-state index contributed by atoms with van der Waals surface area (Å²) in [7, 11) is 0. The summed E-state index contributed by atoms with van der Waals surface area (Å²) >= 11 is 0. The van der Waals surface area contributed by atoms with Gasteiger partial charge in [0.2, 0.25) is 5.91 Å². The molecule has 1 heterocycles. The van der Waals surface area contributed by atoms with E-state index in [1.807, 2.05) is 61.5 Å². The van der Waals surface area contributed by atoms with E-state index >= 15 is 0 Å². The Morgan fingerprint density at radius 2 is 1.92 bits per heavy atom. The fourth-order valence-corrected chi connectivity index (χ4v) is 3.01. The number of benzene rings is 2. The first-order valence-electron chi connectivity index (χ1n) is 8.73. The van der Waals surface area contributed by atoms with Crippen molar-refractivity contribution in [2.45, 2.75) is 32.2 Å². The molecule has 0 saturated heterocycles. The van der Waals surface area contributed by atoms with Crippen molar-refractivity contribution in [3.8, 4) is 5.69 Å². The third-order valence-electron chi connectivity index (χ3n) is 4.42. The average Bonchev–Trinajstić information content (AvgIpc) is 3.41. The molecule has 1 saturated carbocycles. The Morgan fingerprint density at radius 3 is 2.62 bits per heavy atom. The van der Waals surface area contributed by atoms with Crippen molar-refractivity contribution in [1.29, 1.82) is 0 Å². The van der Waals surface area contributed by atoms with E-state index in [-0.39, 0.29) is 18.1 Å². The van der Waals surface area contributed by atoms with Crippen LogP contribution in [0.25, 0.3) is 5.69 Å². The van der Waals surface area contributed by atoms with Crippen molar-refractivity contribution < 1.29 is 4.79 Å². The van der Waals surface area contributed by atoms with Crippen LogP contribution in [-0.2, 0) is 11.3 Å². The number of hydrogen-bond acceptors (Lipinski definition) is 3. The molecule has 0 bridgehead atoms. The molecule has 1 aliphatic rings. The first-order chi connectivity index (χ1) is 12.6. The maximum Gasteiger partial charge on any atom is 0.351 e. The van der Waals surface area contributed by atoms with Gasteiger partial charge in [-0.15, -0.1) is 0 Å². The van der Waals surface area contributed by atoms with Crippen LogP contribution in [0.5, 0.6) is 0 Å². The predicted octanol–water partition coefficient (Wildman–Crippen LogP) is 2.86. The van der Waals surface area contributed by atoms with Gasteiger partial charge in [-0.1, -0.05) is 30.3 Å². The minimum absolute atomic E-state index is 0.105. The molecule has 1 fully saturated rings. The number of para-hydroxylation sites is 1. The molecule has 3 aromatic rings. The second-order valence-electron chi connectivity index (χ2n) is 6.66. The molecule has 0 aliphatic heterocycles. The van der Waals surface area contributed by atoms with E-state index in [2.05, 4.69) is 10.4 Å². The van der Waals surface area contributed by atoms with Gasteiger partial charge in [0.05, 0.1) is 5.69 Å². The lowest BCUT2D eigenvalue weighted by Gasteiger charge is -2.05. The maximum atomic E-state index is 12.8. The number of nitrogens with one attached hydrogen (secondary N) is 1. The van der Waals surface area contributed by atoms with Gasteiger partial charge >= 0.3 is 5.69 Å². The normalized spacial score (nSPS) is 13.6. The van der Waals surface area contributed by atoms with Crippen LogP contribution in [0.3, 0.4) is 0 Å². The second-order valence-corrected chi connectivity index (χ2v) is 6.66. The largest absolute Gasteiger partial charge is 0.351 e. The fourth-order valence-electron chi connectivity index (χ4n) is 3.01. The van der Waals surface area contributed by atoms with Crippen molar-refractivity contribution in [3.05, 3.63) is 76.5 Å². The highest BCUT2D eigenvalue weighted by Gasteiger charge is 2.31. The standard InChI is InChI=1S/C20H20N4O2/c1-14-6-5-7-16(12-14)21-18(25)13-23-20(26)24(17-8-3-2-4-9-17)19(22-23)15-10-11-15/h2-9,12,15H,10-11,13H2,1H3,(H,21,25). The van der Waals surface area contributed by atoms with Gasteiger partial charge < -0.3 is 5.32 Å². The van der Waals surface area contributed by atoms with Gasteiger partial charge in [0.15, 0.2) is 0 Å². The molecule has 2 aromatic carbocycles. The molecule has 0 radical (unpaired) electrons. The van der Waals surface area contributed by atoms with Crippen LogP contribution in [0.15, 0.2) is 59.4 Å². The van der Waals surface area contributed by atoms with Crippen molar-refractivity contribution >= 4 is 11.6 Å². The monoisotopic (exact) mass is 348 g/mol. The highest BCUT2D eigenvalue weighted by molar-refractivity contribution is 5.90. The summed E-state index contributed by atoms with van der Waals surface area (Å²) < 4.78 is 2.88. The van der Waals surface area contributed by atoms with Crippen molar-refractivity contribution in [2.24, 2.45) is 0 Å². The van der Waals surface area contributed by atoms with E-state index < -0.39 is 0 Å². The van der Waals surface area contributed by atoms with Crippen LogP contribution in [0.1, 0.15) is 30.1 Å². The number of amides is 1. The lowest BCUT2D eigenvalue weighted by atomic mass is 10.2. The SMILES string of the molecule is Cc1cccc(NC(=O)Cn2nc(C3CC3)n(-c3ccccc3)c2=O)c1. The van der Waals surface area contributed by atoms with E-state index in [1.165, 1.54) is 4.68 Å². The van der Waals surface area contributed by atoms with Crippen molar-refractivity contribution in [1.82, 2.24) is 14.3 Å². The minimum Gasteiger partial charge on any atom is -0.324 e. The predicted molar refractivity (Wildman–Crippen MR) is 99.6 cm³/mol. The van der Waals surface area contributed by atoms with Gasteiger partial charge in [-0.05, 0) is 49.6 Å². The van der Waals surface area contributed by atoms with Crippen LogP contribution in [0, 0.1) is 6.92 Å². The molecule has 1 aliphatic carbocycles. The summed E-state index contributed by atoms with van der Waals surface area (Å²) in [5, 5.41) is 7.28.